The van der Waals surface area contributed by atoms with Gasteiger partial charge >= 0.3 is 6.09 Å². The molecule has 4 aromatic heterocycles. The molecule has 1 aromatic carbocycles. The fourth-order valence-corrected chi connectivity index (χ4v) is 4.04. The van der Waals surface area contributed by atoms with Crippen LogP contribution in [0.2, 0.25) is 0 Å². The molecule has 0 saturated heterocycles. The second-order valence-electron chi connectivity index (χ2n) is 9.65. The van der Waals surface area contributed by atoms with Crippen LogP contribution < -0.4 is 10.1 Å². The van der Waals surface area contributed by atoms with Gasteiger partial charge in [0.05, 0.1) is 24.7 Å². The van der Waals surface area contributed by atoms with Gasteiger partial charge in [-0.2, -0.15) is 0 Å². The third kappa shape index (κ3) is 4.90. The van der Waals surface area contributed by atoms with E-state index in [2.05, 4.69) is 25.5 Å². The fourth-order valence-electron chi connectivity index (χ4n) is 4.04. The number of benzene rings is 1. The van der Waals surface area contributed by atoms with E-state index in [-0.39, 0.29) is 5.75 Å². The van der Waals surface area contributed by atoms with E-state index in [1.54, 1.807) is 62.3 Å². The van der Waals surface area contributed by atoms with E-state index >= 15 is 0 Å². The first-order valence-corrected chi connectivity index (χ1v) is 11.8. The normalized spacial score (nSPS) is 11.5. The number of carbonyl (C=O) groups is 1. The van der Waals surface area contributed by atoms with E-state index in [4.69, 9.17) is 9.47 Å². The number of rotatable bonds is 5. The number of anilines is 1. The number of amides is 1. The molecular formula is C27H26FN7O3. The van der Waals surface area contributed by atoms with Crippen LogP contribution in [0.5, 0.6) is 5.75 Å². The van der Waals surface area contributed by atoms with Crippen LogP contribution in [0.1, 0.15) is 26.3 Å². The molecule has 4 heterocycles. The molecule has 10 nitrogen and oxygen atoms in total. The summed E-state index contributed by atoms with van der Waals surface area (Å²) in [6.07, 6.45) is 6.33. The minimum atomic E-state index is -0.608. The molecular weight excluding hydrogens is 489 g/mol. The standard InChI is InChI=1S/C27H26FN7O3/c1-16-10-18(25-33-31-15-35(25)19-7-8-20(28)22(11-19)37-5)14-34-21(13-30-24(16)34)17-6-9-23(29-12-17)32-26(36)38-27(2,3)4/h6-15H,1-5H3,(H,29,32,36). The average Bonchev–Trinajstić information content (AvgIpc) is 3.51. The molecule has 5 rings (SSSR count). The highest BCUT2D eigenvalue weighted by atomic mass is 19.1. The number of hydrogen-bond donors (Lipinski definition) is 1. The van der Waals surface area contributed by atoms with Crippen molar-refractivity contribution in [2.45, 2.75) is 33.3 Å². The first-order chi connectivity index (χ1) is 18.1. The molecule has 0 radical (unpaired) electrons. The molecule has 0 atom stereocenters. The van der Waals surface area contributed by atoms with E-state index in [0.717, 1.165) is 28.0 Å². The molecule has 1 N–H and O–H groups in total. The minimum Gasteiger partial charge on any atom is -0.494 e. The van der Waals surface area contributed by atoms with Crippen molar-refractivity contribution in [1.29, 1.82) is 0 Å². The number of aromatic nitrogens is 6. The van der Waals surface area contributed by atoms with E-state index in [0.29, 0.717) is 17.3 Å². The van der Waals surface area contributed by atoms with Crippen LogP contribution in [0.3, 0.4) is 0 Å². The third-order valence-electron chi connectivity index (χ3n) is 5.70. The number of nitrogens with zero attached hydrogens (tertiary/aromatic N) is 6. The molecule has 0 saturated carbocycles. The van der Waals surface area contributed by atoms with Gasteiger partial charge in [0.2, 0.25) is 0 Å². The van der Waals surface area contributed by atoms with Gasteiger partial charge in [-0.3, -0.25) is 14.3 Å². The number of fused-ring (bicyclic) bond motifs is 1. The van der Waals surface area contributed by atoms with Crippen LogP contribution in [-0.4, -0.2) is 47.9 Å². The lowest BCUT2D eigenvalue weighted by molar-refractivity contribution is 0.0635. The average molecular weight is 516 g/mol. The number of nitrogens with one attached hydrogen (secondary N) is 1. The number of ether oxygens (including phenoxy) is 2. The van der Waals surface area contributed by atoms with Crippen LogP contribution in [0.4, 0.5) is 15.0 Å². The number of aryl methyl sites for hydroxylation is 1. The monoisotopic (exact) mass is 515 g/mol. The van der Waals surface area contributed by atoms with E-state index in [1.807, 2.05) is 29.7 Å². The minimum absolute atomic E-state index is 0.128. The molecule has 0 spiro atoms. The lowest BCUT2D eigenvalue weighted by Crippen LogP contribution is -2.27. The summed E-state index contributed by atoms with van der Waals surface area (Å²) >= 11 is 0. The lowest BCUT2D eigenvalue weighted by Gasteiger charge is -2.19. The highest BCUT2D eigenvalue weighted by Crippen LogP contribution is 2.29. The Morgan fingerprint density at radius 1 is 1.05 bits per heavy atom. The van der Waals surface area contributed by atoms with Crippen LogP contribution in [0.15, 0.2) is 61.3 Å². The lowest BCUT2D eigenvalue weighted by atomic mass is 10.1. The van der Waals surface area contributed by atoms with Gasteiger partial charge in [0.25, 0.3) is 0 Å². The Bertz CT molecular complexity index is 1640. The molecule has 11 heteroatoms. The van der Waals surface area contributed by atoms with E-state index < -0.39 is 17.5 Å². The maximum Gasteiger partial charge on any atom is 0.413 e. The van der Waals surface area contributed by atoms with Crippen LogP contribution >= 0.6 is 0 Å². The summed E-state index contributed by atoms with van der Waals surface area (Å²) in [7, 11) is 1.42. The van der Waals surface area contributed by atoms with Gasteiger partial charge in [-0.25, -0.2) is 19.2 Å². The second kappa shape index (κ2) is 9.58. The number of pyridine rings is 2. The van der Waals surface area contributed by atoms with Crippen molar-refractivity contribution in [3.63, 3.8) is 0 Å². The topological polar surface area (TPSA) is 108 Å². The van der Waals surface area contributed by atoms with Crippen molar-refractivity contribution >= 4 is 17.6 Å². The number of halogens is 1. The summed E-state index contributed by atoms with van der Waals surface area (Å²) in [5, 5.41) is 11.0. The Kier molecular flexibility index (Phi) is 6.27. The largest absolute Gasteiger partial charge is 0.494 e. The third-order valence-corrected chi connectivity index (χ3v) is 5.70. The molecule has 0 fully saturated rings. The van der Waals surface area contributed by atoms with Gasteiger partial charge in [-0.1, -0.05) is 0 Å². The quantitative estimate of drug-likeness (QED) is 0.332. The zero-order chi connectivity index (χ0) is 27.0. The van der Waals surface area contributed by atoms with Crippen molar-refractivity contribution in [2.24, 2.45) is 0 Å². The molecule has 0 bridgehead atoms. The molecule has 194 valence electrons. The number of hydrogen-bond acceptors (Lipinski definition) is 7. The Morgan fingerprint density at radius 2 is 1.87 bits per heavy atom. The van der Waals surface area contributed by atoms with E-state index in [1.165, 1.54) is 13.2 Å². The highest BCUT2D eigenvalue weighted by Gasteiger charge is 2.18. The summed E-state index contributed by atoms with van der Waals surface area (Å²) in [6.45, 7) is 7.35. The van der Waals surface area contributed by atoms with Gasteiger partial charge in [0.15, 0.2) is 17.4 Å². The summed E-state index contributed by atoms with van der Waals surface area (Å²) in [4.78, 5) is 21.0. The van der Waals surface area contributed by atoms with Gasteiger partial charge in [-0.15, -0.1) is 10.2 Å². The van der Waals surface area contributed by atoms with Crippen LogP contribution in [-0.2, 0) is 4.74 Å². The Morgan fingerprint density at radius 3 is 2.58 bits per heavy atom. The maximum atomic E-state index is 14.0. The summed E-state index contributed by atoms with van der Waals surface area (Å²) < 4.78 is 28.1. The molecule has 1 amide bonds. The molecule has 0 aliphatic carbocycles. The zero-order valence-electron chi connectivity index (χ0n) is 21.6. The van der Waals surface area contributed by atoms with Crippen molar-refractivity contribution in [1.82, 2.24) is 29.1 Å². The van der Waals surface area contributed by atoms with Crippen molar-refractivity contribution < 1.29 is 18.7 Å². The molecule has 0 aliphatic rings. The smallest absolute Gasteiger partial charge is 0.413 e. The number of imidazole rings is 1. The van der Waals surface area contributed by atoms with Crippen molar-refractivity contribution in [2.75, 3.05) is 12.4 Å². The number of methoxy groups -OCH3 is 1. The second-order valence-corrected chi connectivity index (χ2v) is 9.65. The Labute approximate surface area is 218 Å². The van der Waals surface area contributed by atoms with Crippen molar-refractivity contribution in [3.05, 3.63) is 72.7 Å². The van der Waals surface area contributed by atoms with Crippen molar-refractivity contribution in [3.8, 4) is 34.1 Å². The zero-order valence-corrected chi connectivity index (χ0v) is 21.6. The van der Waals surface area contributed by atoms with Gasteiger partial charge in [-0.05, 0) is 63.6 Å². The molecule has 38 heavy (non-hydrogen) atoms. The van der Waals surface area contributed by atoms with Gasteiger partial charge in [0, 0.05) is 29.6 Å². The summed E-state index contributed by atoms with van der Waals surface area (Å²) in [6, 6.07) is 10.1. The predicted molar refractivity (Wildman–Crippen MR) is 140 cm³/mol. The van der Waals surface area contributed by atoms with Gasteiger partial charge < -0.3 is 9.47 Å². The first kappa shape index (κ1) is 24.9. The maximum absolute atomic E-state index is 14.0. The van der Waals surface area contributed by atoms with E-state index in [9.17, 15) is 9.18 Å². The fraction of sp³-hybridized carbons (Fsp3) is 0.222. The van der Waals surface area contributed by atoms with Gasteiger partial charge in [0.1, 0.15) is 23.4 Å². The molecule has 0 aliphatic heterocycles. The Balaban J connectivity index is 1.49. The summed E-state index contributed by atoms with van der Waals surface area (Å²) in [5.41, 5.74) is 4.13. The molecule has 0 unspecified atom stereocenters. The predicted octanol–water partition coefficient (Wildman–Crippen LogP) is 5.45. The van der Waals surface area contributed by atoms with Crippen LogP contribution in [0, 0.1) is 12.7 Å². The van der Waals surface area contributed by atoms with Crippen LogP contribution in [0.25, 0.3) is 34.0 Å². The number of carbonyl (C=O) groups excluding carboxylic acids is 1. The molecule has 5 aromatic rings. The highest BCUT2D eigenvalue weighted by molar-refractivity contribution is 5.84. The first-order valence-electron chi connectivity index (χ1n) is 11.8. The Hall–Kier alpha value is -4.80. The SMILES string of the molecule is COc1cc(-n2cnnc2-c2cc(C)c3ncc(-c4ccc(NC(=O)OC(C)(C)C)nc4)n3c2)ccc1F. The summed E-state index contributed by atoms with van der Waals surface area (Å²) in [5.74, 6) is 0.616.